The van der Waals surface area contributed by atoms with Gasteiger partial charge in [-0.15, -0.1) is 0 Å². The largest absolute Gasteiger partial charge is 0.309 e. The lowest BCUT2D eigenvalue weighted by molar-refractivity contribution is 1.15. The van der Waals surface area contributed by atoms with Crippen LogP contribution in [0.25, 0.3) is 93.6 Å². The van der Waals surface area contributed by atoms with Gasteiger partial charge in [0.2, 0.25) is 0 Å². The van der Waals surface area contributed by atoms with E-state index in [0.29, 0.717) is 16.8 Å². The molecule has 5 nitrogen and oxygen atoms in total. The van der Waals surface area contributed by atoms with Crippen LogP contribution in [-0.2, 0) is 0 Å². The Morgan fingerprint density at radius 1 is 0.327 bits per heavy atom. The average molecular weight is 700 g/mol. The van der Waals surface area contributed by atoms with E-state index in [2.05, 4.69) is 184 Å². The summed E-state index contributed by atoms with van der Waals surface area (Å²) in [5.41, 5.74) is 12.3. The van der Waals surface area contributed by atoms with Crippen molar-refractivity contribution in [2.45, 2.75) is 0 Å². The van der Waals surface area contributed by atoms with Crippen LogP contribution in [0.3, 0.4) is 0 Å². The van der Waals surface area contributed by atoms with E-state index < -0.39 is 0 Å². The molecule has 0 aliphatic heterocycles. The number of fused-ring (bicyclic) bond motifs is 9. The minimum atomic E-state index is 0.358. The van der Waals surface area contributed by atoms with Gasteiger partial charge >= 0.3 is 0 Å². The fourth-order valence-electron chi connectivity index (χ4n) is 8.74. The van der Waals surface area contributed by atoms with Crippen molar-refractivity contribution in [3.05, 3.63) is 187 Å². The van der Waals surface area contributed by atoms with Gasteiger partial charge in [-0.3, -0.25) is 0 Å². The highest BCUT2D eigenvalue weighted by atomic mass is 15.0. The van der Waals surface area contributed by atoms with Crippen LogP contribution in [0.4, 0.5) is 0 Å². The van der Waals surface area contributed by atoms with Crippen molar-refractivity contribution in [1.82, 2.24) is 13.7 Å². The van der Waals surface area contributed by atoms with Crippen molar-refractivity contribution in [2.75, 3.05) is 0 Å². The molecule has 0 radical (unpaired) electrons. The standard InChI is InChI=1S/C50H29N5/c51-30-34-11-10-20-47(43(34)31-52)55-49-25-22-33(32-21-24-48-40(27-32)39-16-6-9-19-46(39)53(48)35-12-2-1-3-13-35)28-41(49)42-29-36(23-26-50(42)55)54-44-17-7-4-14-37(44)38-15-5-8-18-45(38)54/h1-29H. The van der Waals surface area contributed by atoms with E-state index >= 15 is 0 Å². The molecule has 3 aromatic heterocycles. The topological polar surface area (TPSA) is 62.4 Å². The molecular formula is C50H29N5. The van der Waals surface area contributed by atoms with Gasteiger partial charge < -0.3 is 13.7 Å². The molecule has 0 atom stereocenters. The number of benzene rings is 8. The van der Waals surface area contributed by atoms with Crippen LogP contribution in [0.15, 0.2) is 176 Å². The number of hydrogen-bond donors (Lipinski definition) is 0. The number of para-hydroxylation sites is 4. The van der Waals surface area contributed by atoms with Crippen molar-refractivity contribution in [3.8, 4) is 40.3 Å². The molecule has 254 valence electrons. The van der Waals surface area contributed by atoms with Gasteiger partial charge in [-0.05, 0) is 96.1 Å². The zero-order valence-electron chi connectivity index (χ0n) is 29.5. The second-order valence-electron chi connectivity index (χ2n) is 14.0. The van der Waals surface area contributed by atoms with E-state index in [0.717, 1.165) is 60.9 Å². The Balaban J connectivity index is 1.18. The highest BCUT2D eigenvalue weighted by molar-refractivity contribution is 6.14. The number of rotatable bonds is 4. The van der Waals surface area contributed by atoms with Gasteiger partial charge in [-0.1, -0.05) is 91.0 Å². The van der Waals surface area contributed by atoms with Gasteiger partial charge in [-0.25, -0.2) is 0 Å². The summed E-state index contributed by atoms with van der Waals surface area (Å²) in [6.07, 6.45) is 0. The lowest BCUT2D eigenvalue weighted by Crippen LogP contribution is -2.00. The normalized spacial score (nSPS) is 11.6. The molecule has 0 unspecified atom stereocenters. The maximum atomic E-state index is 10.4. The molecule has 0 saturated heterocycles. The van der Waals surface area contributed by atoms with E-state index in [1.807, 2.05) is 12.1 Å². The monoisotopic (exact) mass is 699 g/mol. The van der Waals surface area contributed by atoms with Crippen LogP contribution in [-0.4, -0.2) is 13.7 Å². The average Bonchev–Trinajstić information content (AvgIpc) is 3.88. The van der Waals surface area contributed by atoms with Crippen molar-refractivity contribution >= 4 is 65.4 Å². The number of nitriles is 2. The maximum absolute atomic E-state index is 10.4. The molecule has 0 N–H and O–H groups in total. The highest BCUT2D eigenvalue weighted by Gasteiger charge is 2.20. The first-order valence-corrected chi connectivity index (χ1v) is 18.3. The predicted octanol–water partition coefficient (Wildman–Crippen LogP) is 12.4. The SMILES string of the molecule is N#Cc1cccc(-n2c3ccc(-c4ccc5c(c4)c4ccccc4n5-c4ccccc4)cc3c3cc(-n4c5ccccc5c5ccccc54)ccc32)c1C#N. The molecule has 0 amide bonds. The summed E-state index contributed by atoms with van der Waals surface area (Å²) in [6, 6.07) is 66.2. The first-order chi connectivity index (χ1) is 27.2. The van der Waals surface area contributed by atoms with Crippen LogP contribution >= 0.6 is 0 Å². The van der Waals surface area contributed by atoms with E-state index in [9.17, 15) is 10.5 Å². The van der Waals surface area contributed by atoms with E-state index in [1.54, 1.807) is 6.07 Å². The Kier molecular flexibility index (Phi) is 6.61. The molecular weight excluding hydrogens is 671 g/mol. The van der Waals surface area contributed by atoms with Crippen molar-refractivity contribution in [3.63, 3.8) is 0 Å². The molecule has 8 aromatic carbocycles. The van der Waals surface area contributed by atoms with E-state index in [-0.39, 0.29) is 0 Å². The zero-order chi connectivity index (χ0) is 36.6. The molecule has 11 aromatic rings. The summed E-state index contributed by atoms with van der Waals surface area (Å²) in [5.74, 6) is 0. The van der Waals surface area contributed by atoms with Crippen LogP contribution < -0.4 is 0 Å². The minimum absolute atomic E-state index is 0.358. The summed E-state index contributed by atoms with van der Waals surface area (Å²) in [5, 5.41) is 27.3. The molecule has 5 heteroatoms. The Bertz CT molecular complexity index is 3400. The van der Waals surface area contributed by atoms with Gasteiger partial charge in [0, 0.05) is 43.7 Å². The quantitative estimate of drug-likeness (QED) is 0.184. The lowest BCUT2D eigenvalue weighted by Gasteiger charge is -2.12. The van der Waals surface area contributed by atoms with E-state index in [4.69, 9.17) is 0 Å². The fraction of sp³-hybridized carbons (Fsp3) is 0. The summed E-state index contributed by atoms with van der Waals surface area (Å²) < 4.78 is 6.81. The first kappa shape index (κ1) is 30.7. The summed E-state index contributed by atoms with van der Waals surface area (Å²) in [6.45, 7) is 0. The predicted molar refractivity (Wildman–Crippen MR) is 224 cm³/mol. The second kappa shape index (κ2) is 11.8. The maximum Gasteiger partial charge on any atom is 0.103 e. The highest BCUT2D eigenvalue weighted by Crippen LogP contribution is 2.40. The smallest absolute Gasteiger partial charge is 0.103 e. The van der Waals surface area contributed by atoms with E-state index in [1.165, 1.54) is 27.1 Å². The molecule has 3 heterocycles. The first-order valence-electron chi connectivity index (χ1n) is 18.3. The molecule has 0 bridgehead atoms. The fourth-order valence-corrected chi connectivity index (χ4v) is 8.74. The van der Waals surface area contributed by atoms with Crippen LogP contribution in [0.2, 0.25) is 0 Å². The zero-order valence-corrected chi connectivity index (χ0v) is 29.5. The van der Waals surface area contributed by atoms with Gasteiger partial charge in [0.25, 0.3) is 0 Å². The van der Waals surface area contributed by atoms with Gasteiger partial charge in [0.15, 0.2) is 0 Å². The third-order valence-corrected chi connectivity index (χ3v) is 11.1. The molecule has 0 saturated carbocycles. The Morgan fingerprint density at radius 2 is 0.800 bits per heavy atom. The molecule has 11 rings (SSSR count). The minimum Gasteiger partial charge on any atom is -0.309 e. The molecule has 55 heavy (non-hydrogen) atoms. The number of aromatic nitrogens is 3. The molecule has 0 aliphatic carbocycles. The summed E-state index contributed by atoms with van der Waals surface area (Å²) in [7, 11) is 0. The summed E-state index contributed by atoms with van der Waals surface area (Å²) >= 11 is 0. The number of hydrogen-bond acceptors (Lipinski definition) is 2. The lowest BCUT2D eigenvalue weighted by atomic mass is 10.0. The molecule has 0 aliphatic rings. The molecule has 0 spiro atoms. The van der Waals surface area contributed by atoms with Crippen LogP contribution in [0.5, 0.6) is 0 Å². The Morgan fingerprint density at radius 3 is 1.40 bits per heavy atom. The Hall–Kier alpha value is -7.86. The number of nitrogens with zero attached hydrogens (tertiary/aromatic N) is 5. The van der Waals surface area contributed by atoms with Crippen LogP contribution in [0.1, 0.15) is 11.1 Å². The van der Waals surface area contributed by atoms with Crippen molar-refractivity contribution in [2.24, 2.45) is 0 Å². The van der Waals surface area contributed by atoms with Gasteiger partial charge in [0.05, 0.1) is 49.9 Å². The third-order valence-electron chi connectivity index (χ3n) is 11.1. The van der Waals surface area contributed by atoms with Gasteiger partial charge in [0.1, 0.15) is 12.1 Å². The second-order valence-corrected chi connectivity index (χ2v) is 14.0. The molecule has 0 fully saturated rings. The Labute approximate surface area is 316 Å². The van der Waals surface area contributed by atoms with Crippen LogP contribution in [0, 0.1) is 22.7 Å². The third kappa shape index (κ3) is 4.45. The van der Waals surface area contributed by atoms with Gasteiger partial charge in [-0.2, -0.15) is 10.5 Å². The van der Waals surface area contributed by atoms with Crippen molar-refractivity contribution < 1.29 is 0 Å². The van der Waals surface area contributed by atoms with Crippen molar-refractivity contribution in [1.29, 1.82) is 10.5 Å². The summed E-state index contributed by atoms with van der Waals surface area (Å²) in [4.78, 5) is 0.